The number of hydrogen-bond acceptors (Lipinski definition) is 4. The third kappa shape index (κ3) is 8.98. The first-order chi connectivity index (χ1) is 16.5. The van der Waals surface area contributed by atoms with E-state index in [0.717, 1.165) is 16.1 Å². The van der Waals surface area contributed by atoms with Crippen LogP contribution in [0.3, 0.4) is 0 Å². The van der Waals surface area contributed by atoms with Crippen LogP contribution in [-0.2, 0) is 26.0 Å². The van der Waals surface area contributed by atoms with E-state index in [1.165, 1.54) is 24.3 Å². The van der Waals surface area contributed by atoms with Gasteiger partial charge in [0.2, 0.25) is 21.8 Å². The van der Waals surface area contributed by atoms with E-state index in [4.69, 9.17) is 0 Å². The fourth-order valence-corrected chi connectivity index (χ4v) is 4.85. The van der Waals surface area contributed by atoms with Gasteiger partial charge in [-0.15, -0.1) is 0 Å². The quantitative estimate of drug-likeness (QED) is 0.449. The molecule has 2 aromatic carbocycles. The second-order valence-electron chi connectivity index (χ2n) is 8.83. The molecule has 1 N–H and O–H groups in total. The smallest absolute Gasteiger partial charge is 0.242 e. The number of hydrogen-bond donors (Lipinski definition) is 1. The summed E-state index contributed by atoms with van der Waals surface area (Å²) in [6, 6.07) is 14.3. The molecule has 2 aromatic rings. The van der Waals surface area contributed by atoms with Gasteiger partial charge >= 0.3 is 0 Å². The normalized spacial score (nSPS) is 12.3. The van der Waals surface area contributed by atoms with E-state index in [1.54, 1.807) is 4.90 Å². The zero-order valence-corrected chi connectivity index (χ0v) is 21.7. The Labute approximate surface area is 208 Å². The van der Waals surface area contributed by atoms with Crippen molar-refractivity contribution in [2.45, 2.75) is 58.5 Å². The van der Waals surface area contributed by atoms with Crippen molar-refractivity contribution in [2.75, 3.05) is 23.7 Å². The highest BCUT2D eigenvalue weighted by molar-refractivity contribution is 7.92. The summed E-state index contributed by atoms with van der Waals surface area (Å²) in [5.74, 6) is -0.871. The molecule has 0 spiro atoms. The summed E-state index contributed by atoms with van der Waals surface area (Å²) < 4.78 is 39.1. The molecule has 0 saturated heterocycles. The third-order valence-electron chi connectivity index (χ3n) is 5.57. The maximum Gasteiger partial charge on any atom is 0.242 e. The van der Waals surface area contributed by atoms with Crippen LogP contribution in [0.4, 0.5) is 10.1 Å². The Hall–Kier alpha value is -2.94. The van der Waals surface area contributed by atoms with Gasteiger partial charge in [0.15, 0.2) is 0 Å². The van der Waals surface area contributed by atoms with E-state index in [2.05, 4.69) is 5.32 Å². The topological polar surface area (TPSA) is 86.8 Å². The molecular formula is C26H36FN3O4S. The first-order valence-electron chi connectivity index (χ1n) is 11.9. The summed E-state index contributed by atoms with van der Waals surface area (Å²) in [6.07, 6.45) is 2.47. The minimum atomic E-state index is -3.62. The molecule has 0 aliphatic rings. The molecule has 0 aliphatic carbocycles. The van der Waals surface area contributed by atoms with Crippen LogP contribution < -0.4 is 9.62 Å². The average molecular weight is 506 g/mol. The van der Waals surface area contributed by atoms with Crippen LogP contribution >= 0.6 is 0 Å². The molecule has 1 atom stereocenters. The molecule has 0 unspecified atom stereocenters. The average Bonchev–Trinajstić information content (AvgIpc) is 2.79. The first kappa shape index (κ1) is 28.3. The van der Waals surface area contributed by atoms with Crippen molar-refractivity contribution in [3.63, 3.8) is 0 Å². The van der Waals surface area contributed by atoms with Crippen molar-refractivity contribution < 1.29 is 22.4 Å². The third-order valence-corrected chi connectivity index (χ3v) is 6.76. The maximum absolute atomic E-state index is 13.3. The van der Waals surface area contributed by atoms with Gasteiger partial charge in [0.25, 0.3) is 0 Å². The Morgan fingerprint density at radius 2 is 1.63 bits per heavy atom. The number of carbonyl (C=O) groups excluding carboxylic acids is 2. The number of carbonyl (C=O) groups is 2. The Morgan fingerprint density at radius 1 is 1.00 bits per heavy atom. The molecule has 0 bridgehead atoms. The largest absolute Gasteiger partial charge is 0.352 e. The molecule has 35 heavy (non-hydrogen) atoms. The van der Waals surface area contributed by atoms with E-state index < -0.39 is 21.9 Å². The highest BCUT2D eigenvalue weighted by Gasteiger charge is 2.28. The van der Waals surface area contributed by atoms with Gasteiger partial charge in [0.05, 0.1) is 11.9 Å². The van der Waals surface area contributed by atoms with E-state index in [-0.39, 0.29) is 37.2 Å². The Balaban J connectivity index is 2.14. The zero-order valence-electron chi connectivity index (χ0n) is 20.9. The summed E-state index contributed by atoms with van der Waals surface area (Å²) >= 11 is 0. The van der Waals surface area contributed by atoms with Crippen LogP contribution in [0.15, 0.2) is 54.6 Å². The minimum Gasteiger partial charge on any atom is -0.352 e. The fourth-order valence-electron chi connectivity index (χ4n) is 3.89. The van der Waals surface area contributed by atoms with Gasteiger partial charge in [0, 0.05) is 25.6 Å². The SMILES string of the molecule is CC[C@@H](C(=O)NC(C)C)N(CCc1ccccc1)C(=O)CCCN(c1ccc(F)cc1)S(C)(=O)=O. The lowest BCUT2D eigenvalue weighted by Crippen LogP contribution is -2.51. The van der Waals surface area contributed by atoms with Crippen molar-refractivity contribution in [3.05, 3.63) is 66.0 Å². The first-order valence-corrected chi connectivity index (χ1v) is 13.7. The number of rotatable bonds is 13. The lowest BCUT2D eigenvalue weighted by Gasteiger charge is -2.31. The van der Waals surface area contributed by atoms with Crippen LogP contribution in [-0.4, -0.2) is 56.6 Å². The molecule has 2 rings (SSSR count). The molecule has 0 aliphatic heterocycles. The van der Waals surface area contributed by atoms with Gasteiger partial charge in [-0.3, -0.25) is 13.9 Å². The van der Waals surface area contributed by atoms with Gasteiger partial charge in [0.1, 0.15) is 11.9 Å². The Morgan fingerprint density at radius 3 is 2.17 bits per heavy atom. The lowest BCUT2D eigenvalue weighted by atomic mass is 10.1. The van der Waals surface area contributed by atoms with E-state index >= 15 is 0 Å². The monoisotopic (exact) mass is 505 g/mol. The van der Waals surface area contributed by atoms with Gasteiger partial charge in [-0.1, -0.05) is 37.3 Å². The van der Waals surface area contributed by atoms with Crippen molar-refractivity contribution in [3.8, 4) is 0 Å². The van der Waals surface area contributed by atoms with Crippen LogP contribution in [0.2, 0.25) is 0 Å². The standard InChI is InChI=1S/C26H36FN3O4S/c1-5-24(26(32)28-20(2)3)29(19-17-21-10-7-6-8-11-21)25(31)12-9-18-30(35(4,33)34)23-15-13-22(27)14-16-23/h6-8,10-11,13-16,20,24H,5,9,12,17-19H2,1-4H3,(H,28,32)/t24-/m0/s1. The second kappa shape index (κ2) is 13.2. The van der Waals surface area contributed by atoms with Crippen LogP contribution in [0, 0.1) is 5.82 Å². The molecule has 0 saturated carbocycles. The second-order valence-corrected chi connectivity index (χ2v) is 10.7. The van der Waals surface area contributed by atoms with E-state index in [1.807, 2.05) is 51.1 Å². The van der Waals surface area contributed by atoms with Gasteiger partial charge < -0.3 is 10.2 Å². The molecule has 192 valence electrons. The number of anilines is 1. The molecule has 0 aromatic heterocycles. The molecule has 7 nitrogen and oxygen atoms in total. The summed E-state index contributed by atoms with van der Waals surface area (Å²) in [7, 11) is -3.62. The van der Waals surface area contributed by atoms with Crippen molar-refractivity contribution >= 4 is 27.5 Å². The number of amides is 2. The van der Waals surface area contributed by atoms with Crippen molar-refractivity contribution in [2.24, 2.45) is 0 Å². The number of halogens is 1. The highest BCUT2D eigenvalue weighted by Crippen LogP contribution is 2.19. The lowest BCUT2D eigenvalue weighted by molar-refractivity contribution is -0.141. The molecule has 0 radical (unpaired) electrons. The van der Waals surface area contributed by atoms with Gasteiger partial charge in [-0.25, -0.2) is 12.8 Å². The molecular weight excluding hydrogens is 469 g/mol. The predicted molar refractivity (Wildman–Crippen MR) is 137 cm³/mol. The number of sulfonamides is 1. The van der Waals surface area contributed by atoms with Crippen LogP contribution in [0.5, 0.6) is 0 Å². The molecule has 2 amide bonds. The van der Waals surface area contributed by atoms with Gasteiger partial charge in [-0.05, 0) is 62.9 Å². The molecule has 0 fully saturated rings. The number of benzene rings is 2. The van der Waals surface area contributed by atoms with Crippen molar-refractivity contribution in [1.82, 2.24) is 10.2 Å². The Bertz CT molecular complexity index is 1060. The van der Waals surface area contributed by atoms with Crippen LogP contribution in [0.1, 0.15) is 45.6 Å². The minimum absolute atomic E-state index is 0.0540. The number of nitrogens with zero attached hydrogens (tertiary/aromatic N) is 2. The summed E-state index contributed by atoms with van der Waals surface area (Å²) in [6.45, 7) is 6.05. The van der Waals surface area contributed by atoms with Crippen LogP contribution in [0.25, 0.3) is 0 Å². The van der Waals surface area contributed by atoms with Crippen molar-refractivity contribution in [1.29, 1.82) is 0 Å². The molecule has 0 heterocycles. The summed E-state index contributed by atoms with van der Waals surface area (Å²) in [5.41, 5.74) is 1.40. The number of nitrogens with one attached hydrogen (secondary N) is 1. The fraction of sp³-hybridized carbons (Fsp3) is 0.462. The predicted octanol–water partition coefficient (Wildman–Crippen LogP) is 3.75. The van der Waals surface area contributed by atoms with E-state index in [0.29, 0.717) is 25.1 Å². The molecule has 9 heteroatoms. The summed E-state index contributed by atoms with van der Waals surface area (Å²) in [5, 5.41) is 2.90. The Kier molecular flexibility index (Phi) is 10.7. The highest BCUT2D eigenvalue weighted by atomic mass is 32.2. The zero-order chi connectivity index (χ0) is 26.0. The van der Waals surface area contributed by atoms with Gasteiger partial charge in [-0.2, -0.15) is 0 Å². The van der Waals surface area contributed by atoms with E-state index in [9.17, 15) is 22.4 Å². The summed E-state index contributed by atoms with van der Waals surface area (Å²) in [4.78, 5) is 27.7. The maximum atomic E-state index is 13.3.